The Morgan fingerprint density at radius 1 is 0.338 bits per heavy atom. The predicted octanol–water partition coefficient (Wildman–Crippen LogP) is 14.6. The first-order chi connectivity index (χ1) is 38.4. The molecular weight excluding hydrogens is 1030 g/mol. The fourth-order valence-corrected chi connectivity index (χ4v) is 8.96. The van der Waals surface area contributed by atoms with Crippen LogP contribution in [0.25, 0.3) is 88.1 Å². The molecule has 0 saturated carbocycles. The van der Waals surface area contributed by atoms with E-state index >= 15 is 0 Å². The van der Waals surface area contributed by atoms with E-state index in [1.807, 2.05) is 153 Å². The lowest BCUT2D eigenvalue weighted by Gasteiger charge is -2.12. The van der Waals surface area contributed by atoms with Crippen LogP contribution in [0.15, 0.2) is 201 Å². The van der Waals surface area contributed by atoms with Crippen LogP contribution < -0.4 is 18.9 Å². The number of phenolic OH excluding ortho intramolecular Hbond substituents is 2. The van der Waals surface area contributed by atoms with Crippen molar-refractivity contribution in [3.8, 4) is 103 Å². The number of aryl methyl sites for hydroxylation is 1. The quantitative estimate of drug-likeness (QED) is 0.0783. The van der Waals surface area contributed by atoms with Gasteiger partial charge in [0.05, 0.1) is 33.8 Å². The fourth-order valence-electron chi connectivity index (χ4n) is 8.96. The molecule has 15 heteroatoms. The second-order valence-electron chi connectivity index (χ2n) is 17.7. The van der Waals surface area contributed by atoms with Gasteiger partial charge >= 0.3 is 0 Å². The SMILES string of the molecule is COc1ccc(-c2ncc3c(O)c(O)ccc3c2O)cc1.COc1ccc2c(O)c(-c3ccccc3)ncc2c1.COc1cccc2c(C)nc(-c3ccccc3)c(O)c12.COc1cccc2c(O)c(-c3ccccc3)ncc12.Cl. The highest BCUT2D eigenvalue weighted by atomic mass is 35.5. The zero-order valence-corrected chi connectivity index (χ0v) is 44.9. The Kier molecular flexibility index (Phi) is 17.6. The number of halogens is 1. The van der Waals surface area contributed by atoms with Crippen LogP contribution in [0.3, 0.4) is 0 Å². The van der Waals surface area contributed by atoms with Crippen molar-refractivity contribution in [3.05, 3.63) is 206 Å². The van der Waals surface area contributed by atoms with E-state index in [0.29, 0.717) is 56.2 Å². The van der Waals surface area contributed by atoms with Crippen LogP contribution in [-0.4, -0.2) is 79.0 Å². The van der Waals surface area contributed by atoms with Gasteiger partial charge in [-0.1, -0.05) is 115 Å². The summed E-state index contributed by atoms with van der Waals surface area (Å²) in [6.45, 7) is 1.94. The Morgan fingerprint density at radius 2 is 0.787 bits per heavy atom. The molecule has 0 spiro atoms. The molecular formula is C65H55ClN4O10. The standard InChI is InChI=1S/C17H15NO2.C16H13NO4.2C16H13NO2.ClH/c1-11-13-9-6-10-14(20-2)15(13)17(19)16(18-11)12-7-4-3-5-8-12;1-21-10-4-2-9(3-5-10)14-16(20)11-6-7-13(18)15(19)12(11)8-17-14;1-19-14-9-5-8-12-13(14)10-17-15(16(12)18)11-6-3-2-4-7-11;1-19-13-7-8-14-12(9-13)10-17-15(16(14)18)11-5-3-2-4-6-11;/h3-10,19H,1-2H3;2-8,18-20H,1H3;2*2-10,18H,1H3;1H. The van der Waals surface area contributed by atoms with Crippen LogP contribution >= 0.6 is 12.4 Å². The maximum absolute atomic E-state index is 10.6. The van der Waals surface area contributed by atoms with Gasteiger partial charge in [-0.3, -0.25) is 15.0 Å². The summed E-state index contributed by atoms with van der Waals surface area (Å²) in [5.74, 6) is 2.78. The largest absolute Gasteiger partial charge is 0.505 e. The first-order valence-corrected chi connectivity index (χ1v) is 24.7. The molecule has 4 heterocycles. The molecule has 12 aromatic rings. The second kappa shape index (κ2) is 25.2. The molecule has 0 unspecified atom stereocenters. The van der Waals surface area contributed by atoms with Gasteiger partial charge in [0.25, 0.3) is 0 Å². The van der Waals surface area contributed by atoms with Crippen LogP contribution in [0, 0.1) is 6.92 Å². The Bertz CT molecular complexity index is 4100. The Morgan fingerprint density at radius 3 is 1.34 bits per heavy atom. The van der Waals surface area contributed by atoms with Crippen molar-refractivity contribution in [1.82, 2.24) is 19.9 Å². The maximum atomic E-state index is 10.6. The summed E-state index contributed by atoms with van der Waals surface area (Å²) in [6.07, 6.45) is 4.90. The van der Waals surface area contributed by atoms with Gasteiger partial charge in [0.2, 0.25) is 0 Å². The topological polar surface area (TPSA) is 210 Å². The minimum absolute atomic E-state index is 0. The van der Waals surface area contributed by atoms with E-state index < -0.39 is 0 Å². The lowest BCUT2D eigenvalue weighted by Crippen LogP contribution is -1.93. The average Bonchev–Trinajstić information content (AvgIpc) is 3.54. The molecule has 14 nitrogen and oxygen atoms in total. The van der Waals surface area contributed by atoms with Gasteiger partial charge in [-0.15, -0.1) is 12.4 Å². The van der Waals surface area contributed by atoms with Crippen molar-refractivity contribution >= 4 is 55.5 Å². The van der Waals surface area contributed by atoms with Gasteiger partial charge < -0.3 is 49.6 Å². The summed E-state index contributed by atoms with van der Waals surface area (Å²) in [4.78, 5) is 17.4. The van der Waals surface area contributed by atoms with Crippen molar-refractivity contribution in [2.45, 2.75) is 6.92 Å². The summed E-state index contributed by atoms with van der Waals surface area (Å²) < 4.78 is 20.9. The molecule has 0 saturated heterocycles. The van der Waals surface area contributed by atoms with Gasteiger partial charge in [0, 0.05) is 84.2 Å². The summed E-state index contributed by atoms with van der Waals surface area (Å²) in [5.41, 5.74) is 6.44. The zero-order valence-electron chi connectivity index (χ0n) is 44.1. The molecule has 6 N–H and O–H groups in total. The van der Waals surface area contributed by atoms with Crippen LogP contribution in [0.1, 0.15) is 5.69 Å². The molecule has 0 amide bonds. The molecule has 80 heavy (non-hydrogen) atoms. The molecule has 402 valence electrons. The number of phenols is 2. The highest BCUT2D eigenvalue weighted by molar-refractivity contribution is 6.00. The summed E-state index contributed by atoms with van der Waals surface area (Å²) in [6, 6.07) is 55.7. The number of pyridine rings is 4. The first kappa shape index (κ1) is 55.9. The van der Waals surface area contributed by atoms with Crippen LogP contribution in [0.5, 0.6) is 57.5 Å². The monoisotopic (exact) mass is 1090 g/mol. The third-order valence-corrected chi connectivity index (χ3v) is 13.0. The molecule has 0 aliphatic carbocycles. The molecule has 0 aliphatic rings. The van der Waals surface area contributed by atoms with Crippen molar-refractivity contribution in [2.75, 3.05) is 28.4 Å². The number of rotatable bonds is 8. The number of benzene rings is 8. The lowest BCUT2D eigenvalue weighted by atomic mass is 10.0. The summed E-state index contributed by atoms with van der Waals surface area (Å²) in [7, 11) is 6.41. The predicted molar refractivity (Wildman–Crippen MR) is 317 cm³/mol. The van der Waals surface area contributed by atoms with Gasteiger partial charge in [0.15, 0.2) is 17.2 Å². The molecule has 0 fully saturated rings. The van der Waals surface area contributed by atoms with Crippen molar-refractivity contribution in [1.29, 1.82) is 0 Å². The minimum atomic E-state index is -0.295. The molecule has 0 aliphatic heterocycles. The maximum Gasteiger partial charge on any atom is 0.167 e. The molecule has 8 aromatic carbocycles. The van der Waals surface area contributed by atoms with Gasteiger partial charge in [0.1, 0.15) is 63.0 Å². The van der Waals surface area contributed by atoms with E-state index in [4.69, 9.17) is 18.9 Å². The van der Waals surface area contributed by atoms with E-state index in [2.05, 4.69) is 19.9 Å². The fraction of sp³-hybridized carbons (Fsp3) is 0.0769. The van der Waals surface area contributed by atoms with Crippen LogP contribution in [-0.2, 0) is 0 Å². The minimum Gasteiger partial charge on any atom is -0.505 e. The van der Waals surface area contributed by atoms with E-state index in [1.54, 1.807) is 65.1 Å². The third kappa shape index (κ3) is 11.7. The van der Waals surface area contributed by atoms with E-state index in [-0.39, 0.29) is 46.9 Å². The van der Waals surface area contributed by atoms with E-state index in [0.717, 1.165) is 60.6 Å². The summed E-state index contributed by atoms with van der Waals surface area (Å²) >= 11 is 0. The molecule has 0 bridgehead atoms. The van der Waals surface area contributed by atoms with E-state index in [1.165, 1.54) is 18.3 Å². The van der Waals surface area contributed by atoms with Crippen molar-refractivity contribution in [2.24, 2.45) is 0 Å². The summed E-state index contributed by atoms with van der Waals surface area (Å²) in [5, 5.41) is 66.5. The zero-order chi connectivity index (χ0) is 55.6. The average molecular weight is 1090 g/mol. The Labute approximate surface area is 467 Å². The number of aromatic nitrogens is 4. The third-order valence-electron chi connectivity index (χ3n) is 13.0. The molecule has 12 rings (SSSR count). The number of ether oxygens (including phenoxy) is 4. The van der Waals surface area contributed by atoms with Crippen molar-refractivity contribution < 1.29 is 49.6 Å². The molecule has 0 radical (unpaired) electrons. The normalized spacial score (nSPS) is 10.5. The number of hydrogen-bond donors (Lipinski definition) is 6. The van der Waals surface area contributed by atoms with Crippen LogP contribution in [0.2, 0.25) is 0 Å². The number of aromatic hydroxyl groups is 6. The van der Waals surface area contributed by atoms with E-state index in [9.17, 15) is 30.6 Å². The highest BCUT2D eigenvalue weighted by Gasteiger charge is 2.18. The number of fused-ring (bicyclic) bond motifs is 4. The number of nitrogens with zero attached hydrogens (tertiary/aromatic N) is 4. The van der Waals surface area contributed by atoms with Gasteiger partial charge in [-0.25, -0.2) is 4.98 Å². The number of hydrogen-bond acceptors (Lipinski definition) is 14. The lowest BCUT2D eigenvalue weighted by molar-refractivity contribution is 0.408. The van der Waals surface area contributed by atoms with Gasteiger partial charge in [-0.05, 0) is 73.7 Å². The molecule has 0 atom stereocenters. The Balaban J connectivity index is 0.000000140. The Hall–Kier alpha value is -10.3. The highest BCUT2D eigenvalue weighted by Crippen LogP contribution is 2.43. The van der Waals surface area contributed by atoms with Crippen molar-refractivity contribution in [3.63, 3.8) is 0 Å². The number of methoxy groups -OCH3 is 4. The smallest absolute Gasteiger partial charge is 0.167 e. The van der Waals surface area contributed by atoms with Crippen LogP contribution in [0.4, 0.5) is 0 Å². The van der Waals surface area contributed by atoms with Gasteiger partial charge in [-0.2, -0.15) is 0 Å². The first-order valence-electron chi connectivity index (χ1n) is 24.7. The second-order valence-corrected chi connectivity index (χ2v) is 17.7. The molecule has 4 aromatic heterocycles.